The van der Waals surface area contributed by atoms with E-state index in [0.717, 1.165) is 0 Å². The van der Waals surface area contributed by atoms with Crippen molar-refractivity contribution < 1.29 is 0 Å². The molecule has 0 fully saturated rings. The first kappa shape index (κ1) is 16.0. The molecule has 0 aliphatic rings. The van der Waals surface area contributed by atoms with Crippen LogP contribution < -0.4 is 0 Å². The van der Waals surface area contributed by atoms with Gasteiger partial charge in [-0.2, -0.15) is 0 Å². The molecule has 0 heteroatoms. The Morgan fingerprint density at radius 3 is 0.444 bits per heavy atom. The average Bonchev–Trinajstić information content (AvgIpc) is 1.70. The normalized spacial score (nSPS) is 6.00. The molecule has 0 aliphatic carbocycles. The van der Waals surface area contributed by atoms with Gasteiger partial charge in [-0.15, -0.1) is 0 Å². The summed E-state index contributed by atoms with van der Waals surface area (Å²) in [6.07, 6.45) is 3.75. The molecule has 0 radical (unpaired) electrons. The van der Waals surface area contributed by atoms with Crippen molar-refractivity contribution in [1.29, 1.82) is 0 Å². The van der Waals surface area contributed by atoms with Crippen molar-refractivity contribution >= 4 is 0 Å². The van der Waals surface area contributed by atoms with E-state index in [1.165, 1.54) is 19.3 Å². The van der Waals surface area contributed by atoms with Crippen molar-refractivity contribution in [3.63, 3.8) is 0 Å². The average molecular weight is 132 g/mol. The molecule has 0 saturated carbocycles. The summed E-state index contributed by atoms with van der Waals surface area (Å²) in [7, 11) is 0. The van der Waals surface area contributed by atoms with E-state index >= 15 is 0 Å². The molecule has 0 aromatic carbocycles. The second kappa shape index (κ2) is 43.6. The Hall–Kier alpha value is 0. The van der Waals surface area contributed by atoms with Crippen molar-refractivity contribution in [2.24, 2.45) is 0 Å². The first-order chi connectivity index (χ1) is 4.24. The quantitative estimate of drug-likeness (QED) is 0.462. The fourth-order valence-corrected chi connectivity index (χ4v) is 0. The van der Waals surface area contributed by atoms with Crippen molar-refractivity contribution in [1.82, 2.24) is 0 Å². The van der Waals surface area contributed by atoms with Crippen LogP contribution in [0.15, 0.2) is 0 Å². The Morgan fingerprint density at radius 1 is 0.444 bits per heavy atom. The standard InChI is InChI=1S/3C3H8/c3*1-3-2/h3*3H2,1-2H3. The highest BCUT2D eigenvalue weighted by molar-refractivity contribution is 3.92. The molecule has 0 N–H and O–H groups in total. The number of rotatable bonds is 0. The van der Waals surface area contributed by atoms with Crippen LogP contribution >= 0.6 is 0 Å². The number of hydrogen-bond acceptors (Lipinski definition) is 0. The highest BCUT2D eigenvalue weighted by Crippen LogP contribution is 1.56. The smallest absolute Gasteiger partial charge is 0.0590 e. The molecule has 0 atom stereocenters. The van der Waals surface area contributed by atoms with Crippen LogP contribution in [-0.4, -0.2) is 0 Å². The minimum absolute atomic E-state index is 1.25. The predicted octanol–water partition coefficient (Wildman–Crippen LogP) is 4.25. The van der Waals surface area contributed by atoms with E-state index in [1.54, 1.807) is 0 Å². The first-order valence-corrected chi connectivity index (χ1v) is 4.24. The summed E-state index contributed by atoms with van der Waals surface area (Å²) in [6.45, 7) is 12.8. The van der Waals surface area contributed by atoms with Gasteiger partial charge in [0.25, 0.3) is 0 Å². The SMILES string of the molecule is CCC.CCC.CCC. The first-order valence-electron chi connectivity index (χ1n) is 4.24. The van der Waals surface area contributed by atoms with Crippen molar-refractivity contribution in [3.05, 3.63) is 0 Å². The van der Waals surface area contributed by atoms with E-state index in [0.29, 0.717) is 0 Å². The molecule has 0 nitrogen and oxygen atoms in total. The lowest BCUT2D eigenvalue weighted by atomic mass is 10.6. The summed E-state index contributed by atoms with van der Waals surface area (Å²) in [5.74, 6) is 0. The molecule has 60 valence electrons. The Kier molecular flexibility index (Phi) is 77.4. The summed E-state index contributed by atoms with van der Waals surface area (Å²) in [6, 6.07) is 0. The van der Waals surface area contributed by atoms with Gasteiger partial charge in [-0.25, -0.2) is 0 Å². The van der Waals surface area contributed by atoms with Gasteiger partial charge in [0, 0.05) is 0 Å². The number of hydrogen-bond donors (Lipinski definition) is 0. The van der Waals surface area contributed by atoms with E-state index in [-0.39, 0.29) is 0 Å². The van der Waals surface area contributed by atoms with Crippen LogP contribution in [0, 0.1) is 0 Å². The minimum atomic E-state index is 1.25. The van der Waals surface area contributed by atoms with Gasteiger partial charge in [0.2, 0.25) is 0 Å². The van der Waals surface area contributed by atoms with Gasteiger partial charge < -0.3 is 0 Å². The highest BCUT2D eigenvalue weighted by atomic mass is 13.4. The van der Waals surface area contributed by atoms with E-state index < -0.39 is 0 Å². The highest BCUT2D eigenvalue weighted by Gasteiger charge is 1.36. The third-order valence-electron chi connectivity index (χ3n) is 0. The predicted molar refractivity (Wildman–Crippen MR) is 47.9 cm³/mol. The summed E-state index contributed by atoms with van der Waals surface area (Å²) in [5.41, 5.74) is 0. The molecule has 0 amide bonds. The fraction of sp³-hybridized carbons (Fsp3) is 1.00. The Morgan fingerprint density at radius 2 is 0.444 bits per heavy atom. The molecular weight excluding hydrogens is 108 g/mol. The molecule has 0 rings (SSSR count). The summed E-state index contributed by atoms with van der Waals surface area (Å²) in [4.78, 5) is 0. The fourth-order valence-electron chi connectivity index (χ4n) is 0. The van der Waals surface area contributed by atoms with Crippen LogP contribution in [0.25, 0.3) is 0 Å². The van der Waals surface area contributed by atoms with Gasteiger partial charge in [0.15, 0.2) is 0 Å². The van der Waals surface area contributed by atoms with Gasteiger partial charge in [0.05, 0.1) is 0 Å². The van der Waals surface area contributed by atoms with E-state index in [2.05, 4.69) is 41.5 Å². The third-order valence-corrected chi connectivity index (χ3v) is 0. The van der Waals surface area contributed by atoms with E-state index in [9.17, 15) is 0 Å². The molecule has 0 aliphatic heterocycles. The second-order valence-electron chi connectivity index (χ2n) is 2.12. The van der Waals surface area contributed by atoms with Crippen LogP contribution in [0.2, 0.25) is 0 Å². The van der Waals surface area contributed by atoms with Crippen LogP contribution in [0.3, 0.4) is 0 Å². The topological polar surface area (TPSA) is 0 Å². The van der Waals surface area contributed by atoms with Gasteiger partial charge in [-0.3, -0.25) is 0 Å². The molecular formula is C9H24. The van der Waals surface area contributed by atoms with Gasteiger partial charge in [-0.1, -0.05) is 60.8 Å². The van der Waals surface area contributed by atoms with Crippen molar-refractivity contribution in [2.45, 2.75) is 60.8 Å². The summed E-state index contributed by atoms with van der Waals surface area (Å²) in [5, 5.41) is 0. The lowest BCUT2D eigenvalue weighted by Gasteiger charge is -1.48. The monoisotopic (exact) mass is 132 g/mol. The molecule has 0 aromatic heterocycles. The maximum Gasteiger partial charge on any atom is -0.0590 e. The summed E-state index contributed by atoms with van der Waals surface area (Å²) < 4.78 is 0. The van der Waals surface area contributed by atoms with Crippen molar-refractivity contribution in [3.8, 4) is 0 Å². The van der Waals surface area contributed by atoms with E-state index in [1.807, 2.05) is 0 Å². The lowest BCUT2D eigenvalue weighted by molar-refractivity contribution is 1.09. The molecule has 0 unspecified atom stereocenters. The Bertz CT molecular complexity index is 4.75. The largest absolute Gasteiger partial charge is 0.0656 e. The molecule has 0 bridgehead atoms. The molecule has 9 heavy (non-hydrogen) atoms. The minimum Gasteiger partial charge on any atom is -0.0656 e. The zero-order chi connectivity index (χ0) is 8.12. The van der Waals surface area contributed by atoms with Gasteiger partial charge in [-0.05, 0) is 0 Å². The maximum atomic E-state index is 2.12. The summed E-state index contributed by atoms with van der Waals surface area (Å²) >= 11 is 0. The molecule has 0 spiro atoms. The zero-order valence-corrected chi connectivity index (χ0v) is 8.12. The molecule has 0 aromatic rings. The Balaban J connectivity index is -0.0000000600. The lowest BCUT2D eigenvalue weighted by Crippen LogP contribution is -1.27. The maximum absolute atomic E-state index is 2.12. The van der Waals surface area contributed by atoms with E-state index in [4.69, 9.17) is 0 Å². The Labute approximate surface area is 61.7 Å². The zero-order valence-electron chi connectivity index (χ0n) is 8.12. The van der Waals surface area contributed by atoms with Crippen LogP contribution in [0.5, 0.6) is 0 Å². The van der Waals surface area contributed by atoms with Gasteiger partial charge in [0.1, 0.15) is 0 Å². The second-order valence-corrected chi connectivity index (χ2v) is 2.12. The third kappa shape index (κ3) is 0. The van der Waals surface area contributed by atoms with Crippen LogP contribution in [-0.2, 0) is 0 Å². The molecule has 0 heterocycles. The van der Waals surface area contributed by atoms with Gasteiger partial charge >= 0.3 is 0 Å². The van der Waals surface area contributed by atoms with Crippen LogP contribution in [0.1, 0.15) is 60.8 Å². The van der Waals surface area contributed by atoms with Crippen molar-refractivity contribution in [2.75, 3.05) is 0 Å². The van der Waals surface area contributed by atoms with Crippen LogP contribution in [0.4, 0.5) is 0 Å². The molecule has 0 saturated heterocycles.